The largest absolute Gasteiger partial charge is 0.484 e. The minimum absolute atomic E-state index is 0.107. The van der Waals surface area contributed by atoms with Crippen LogP contribution in [-0.4, -0.2) is 38.1 Å². The molecule has 0 radical (unpaired) electrons. The highest BCUT2D eigenvalue weighted by Gasteiger charge is 2.31. The molecule has 0 aromatic heterocycles. The van der Waals surface area contributed by atoms with Crippen LogP contribution in [0.4, 0.5) is 5.69 Å². The number of rotatable bonds is 6. The van der Waals surface area contributed by atoms with Gasteiger partial charge in [-0.3, -0.25) is 9.59 Å². The number of hydrogen-bond donors (Lipinski definition) is 1. The molecule has 0 spiro atoms. The van der Waals surface area contributed by atoms with Gasteiger partial charge in [-0.25, -0.2) is 0 Å². The molecule has 26 heavy (non-hydrogen) atoms. The highest BCUT2D eigenvalue weighted by atomic mass is 35.5. The number of hydrogen-bond acceptors (Lipinski definition) is 4. The van der Waals surface area contributed by atoms with Crippen molar-refractivity contribution in [1.82, 2.24) is 5.32 Å². The number of para-hydroxylation sites is 2. The van der Waals surface area contributed by atoms with E-state index in [9.17, 15) is 9.59 Å². The molecule has 2 aromatic rings. The van der Waals surface area contributed by atoms with Gasteiger partial charge >= 0.3 is 0 Å². The number of fused-ring (bicyclic) bond motifs is 1. The van der Waals surface area contributed by atoms with Crippen LogP contribution in [0, 0.1) is 0 Å². The van der Waals surface area contributed by atoms with Gasteiger partial charge in [-0.1, -0.05) is 23.7 Å². The molecule has 2 amide bonds. The van der Waals surface area contributed by atoms with Gasteiger partial charge in [-0.15, -0.1) is 0 Å². The fraction of sp³-hybridized carbons (Fsp3) is 0.263. The summed E-state index contributed by atoms with van der Waals surface area (Å²) in [6, 6.07) is 14.1. The molecule has 0 fully saturated rings. The third-order valence-corrected chi connectivity index (χ3v) is 4.27. The molecule has 0 saturated carbocycles. The third-order valence-electron chi connectivity index (χ3n) is 4.01. The Labute approximate surface area is 156 Å². The predicted octanol–water partition coefficient (Wildman–Crippen LogP) is 2.65. The summed E-state index contributed by atoms with van der Waals surface area (Å²) in [7, 11) is 1.72. The van der Waals surface area contributed by atoms with Gasteiger partial charge in [0.05, 0.1) is 5.69 Å². The molecule has 136 valence electrons. The summed E-state index contributed by atoms with van der Waals surface area (Å²) < 4.78 is 11.1. The monoisotopic (exact) mass is 374 g/mol. The Hall–Kier alpha value is -2.73. The molecule has 1 atom stereocenters. The third kappa shape index (κ3) is 4.26. The lowest BCUT2D eigenvalue weighted by Crippen LogP contribution is -2.45. The van der Waals surface area contributed by atoms with Crippen LogP contribution in [0.5, 0.6) is 11.5 Å². The van der Waals surface area contributed by atoms with Gasteiger partial charge in [0.15, 0.2) is 12.7 Å². The van der Waals surface area contributed by atoms with Gasteiger partial charge in [0.25, 0.3) is 11.8 Å². The second-order valence-electron chi connectivity index (χ2n) is 5.85. The first-order valence-electron chi connectivity index (χ1n) is 8.23. The lowest BCUT2D eigenvalue weighted by Gasteiger charge is -2.31. The van der Waals surface area contributed by atoms with Crippen LogP contribution in [0.3, 0.4) is 0 Å². The van der Waals surface area contributed by atoms with Gasteiger partial charge < -0.3 is 19.7 Å². The van der Waals surface area contributed by atoms with Crippen molar-refractivity contribution in [3.63, 3.8) is 0 Å². The van der Waals surface area contributed by atoms with Crippen LogP contribution in [0.1, 0.15) is 6.42 Å². The number of likely N-dealkylation sites (N-methyl/N-ethyl adjacent to an activating group) is 1. The van der Waals surface area contributed by atoms with E-state index in [4.69, 9.17) is 21.1 Å². The SMILES string of the molecule is CN1C(=O)C(CCNC(=O)COc2ccc(Cl)cc2)Oc2ccccc21. The maximum Gasteiger partial charge on any atom is 0.267 e. The number of ether oxygens (including phenoxy) is 2. The van der Waals surface area contributed by atoms with E-state index in [1.165, 1.54) is 0 Å². The molecule has 1 unspecified atom stereocenters. The van der Waals surface area contributed by atoms with E-state index >= 15 is 0 Å². The first kappa shape index (κ1) is 18.1. The Balaban J connectivity index is 1.45. The average Bonchev–Trinajstić information content (AvgIpc) is 2.65. The van der Waals surface area contributed by atoms with Gasteiger partial charge in [0, 0.05) is 25.0 Å². The van der Waals surface area contributed by atoms with Crippen molar-refractivity contribution >= 4 is 29.1 Å². The lowest BCUT2D eigenvalue weighted by molar-refractivity contribution is -0.127. The van der Waals surface area contributed by atoms with Gasteiger partial charge in [0.1, 0.15) is 11.5 Å². The first-order chi connectivity index (χ1) is 12.5. The molecule has 7 heteroatoms. The Kier molecular flexibility index (Phi) is 5.63. The van der Waals surface area contributed by atoms with E-state index in [1.807, 2.05) is 24.3 Å². The van der Waals surface area contributed by atoms with E-state index in [-0.39, 0.29) is 18.4 Å². The number of nitrogens with zero attached hydrogens (tertiary/aromatic N) is 1. The molecule has 1 aliphatic heterocycles. The summed E-state index contributed by atoms with van der Waals surface area (Å²) in [5, 5.41) is 3.33. The lowest BCUT2D eigenvalue weighted by atomic mass is 10.1. The highest BCUT2D eigenvalue weighted by molar-refractivity contribution is 6.30. The van der Waals surface area contributed by atoms with Crippen molar-refractivity contribution in [2.45, 2.75) is 12.5 Å². The summed E-state index contributed by atoms with van der Waals surface area (Å²) in [5.41, 5.74) is 0.745. The van der Waals surface area contributed by atoms with Gasteiger partial charge in [-0.2, -0.15) is 0 Å². The maximum atomic E-state index is 12.4. The number of benzene rings is 2. The van der Waals surface area contributed by atoms with Crippen molar-refractivity contribution in [1.29, 1.82) is 0 Å². The molecule has 1 N–H and O–H groups in total. The minimum atomic E-state index is -0.618. The number of amides is 2. The fourth-order valence-electron chi connectivity index (χ4n) is 2.63. The molecule has 1 aliphatic rings. The number of halogens is 1. The molecular weight excluding hydrogens is 356 g/mol. The van der Waals surface area contributed by atoms with Gasteiger partial charge in [0.2, 0.25) is 0 Å². The van der Waals surface area contributed by atoms with Crippen molar-refractivity contribution in [3.05, 3.63) is 53.6 Å². The zero-order valence-corrected chi connectivity index (χ0v) is 15.0. The van der Waals surface area contributed by atoms with Crippen LogP contribution in [0.25, 0.3) is 0 Å². The molecule has 0 bridgehead atoms. The summed E-state index contributed by atoms with van der Waals surface area (Å²) in [6.45, 7) is 0.207. The van der Waals surface area contributed by atoms with Crippen LogP contribution in [0.2, 0.25) is 5.02 Å². The van der Waals surface area contributed by atoms with Crippen LogP contribution >= 0.6 is 11.6 Å². The normalized spacial score (nSPS) is 15.8. The average molecular weight is 375 g/mol. The maximum absolute atomic E-state index is 12.4. The second kappa shape index (κ2) is 8.10. The zero-order valence-electron chi connectivity index (χ0n) is 14.3. The molecule has 1 heterocycles. The van der Waals surface area contributed by atoms with Crippen LogP contribution in [-0.2, 0) is 9.59 Å². The summed E-state index contributed by atoms with van der Waals surface area (Å²) in [4.78, 5) is 25.8. The Bertz CT molecular complexity index is 794. The number of carbonyl (C=O) groups is 2. The summed E-state index contributed by atoms with van der Waals surface area (Å²) in [5.74, 6) is 0.831. The van der Waals surface area contributed by atoms with Crippen LogP contribution in [0.15, 0.2) is 48.5 Å². The molecule has 0 aliphatic carbocycles. The van der Waals surface area contributed by atoms with Crippen LogP contribution < -0.4 is 19.7 Å². The first-order valence-corrected chi connectivity index (χ1v) is 8.60. The van der Waals surface area contributed by atoms with E-state index in [0.717, 1.165) is 5.69 Å². The van der Waals surface area contributed by atoms with E-state index in [0.29, 0.717) is 29.5 Å². The molecule has 0 saturated heterocycles. The summed E-state index contributed by atoms with van der Waals surface area (Å²) >= 11 is 5.79. The minimum Gasteiger partial charge on any atom is -0.484 e. The van der Waals surface area contributed by atoms with E-state index in [2.05, 4.69) is 5.32 Å². The molecule has 2 aromatic carbocycles. The van der Waals surface area contributed by atoms with E-state index in [1.54, 1.807) is 36.2 Å². The second-order valence-corrected chi connectivity index (χ2v) is 6.29. The van der Waals surface area contributed by atoms with E-state index < -0.39 is 6.10 Å². The smallest absolute Gasteiger partial charge is 0.267 e. The van der Waals surface area contributed by atoms with Crippen molar-refractivity contribution in [2.24, 2.45) is 0 Å². The Morgan fingerprint density at radius 1 is 1.23 bits per heavy atom. The topological polar surface area (TPSA) is 67.9 Å². The number of nitrogens with one attached hydrogen (secondary N) is 1. The standard InChI is InChI=1S/C19H19ClN2O4/c1-22-15-4-2-3-5-16(15)26-17(19(22)24)10-11-21-18(23)12-25-14-8-6-13(20)7-9-14/h2-9,17H,10-12H2,1H3,(H,21,23). The molecule has 6 nitrogen and oxygen atoms in total. The molecule has 3 rings (SSSR count). The fourth-order valence-corrected chi connectivity index (χ4v) is 2.75. The van der Waals surface area contributed by atoms with Gasteiger partial charge in [-0.05, 0) is 36.4 Å². The Morgan fingerprint density at radius 3 is 2.73 bits per heavy atom. The zero-order chi connectivity index (χ0) is 18.5. The van der Waals surface area contributed by atoms with Crippen molar-refractivity contribution in [3.8, 4) is 11.5 Å². The number of carbonyl (C=O) groups excluding carboxylic acids is 2. The van der Waals surface area contributed by atoms with Crippen molar-refractivity contribution < 1.29 is 19.1 Å². The molecular formula is C19H19ClN2O4. The van der Waals surface area contributed by atoms with Crippen molar-refractivity contribution in [2.75, 3.05) is 25.1 Å². The Morgan fingerprint density at radius 2 is 1.96 bits per heavy atom. The quantitative estimate of drug-likeness (QED) is 0.844. The predicted molar refractivity (Wildman–Crippen MR) is 98.8 cm³/mol. The number of anilines is 1. The summed E-state index contributed by atoms with van der Waals surface area (Å²) in [6.07, 6.45) is -0.239. The highest BCUT2D eigenvalue weighted by Crippen LogP contribution is 2.33.